The average molecular weight is 138 g/mol. The van der Waals surface area contributed by atoms with Crippen molar-refractivity contribution in [3.63, 3.8) is 0 Å². The van der Waals surface area contributed by atoms with Gasteiger partial charge in [0.25, 0.3) is 0 Å². The van der Waals surface area contributed by atoms with Gasteiger partial charge in [0, 0.05) is 0 Å². The molecule has 0 saturated heterocycles. The minimum atomic E-state index is 0.954. The highest BCUT2D eigenvalue weighted by atomic mass is 14.5. The summed E-state index contributed by atoms with van der Waals surface area (Å²) in [5.74, 6) is 4.32. The molecule has 0 nitrogen and oxygen atoms in total. The van der Waals surface area contributed by atoms with E-state index in [4.69, 9.17) is 0 Å². The second kappa shape index (κ2) is 2.25. The molecule has 0 spiro atoms. The first kappa shape index (κ1) is 6.69. The molecule has 0 radical (unpaired) electrons. The monoisotopic (exact) mass is 138 g/mol. The molecule has 0 heterocycles. The summed E-state index contributed by atoms with van der Waals surface area (Å²) in [6.07, 6.45) is 6.23. The van der Waals surface area contributed by atoms with Crippen LogP contribution >= 0.6 is 0 Å². The smallest absolute Gasteiger partial charge is 0.0360 e. The summed E-state index contributed by atoms with van der Waals surface area (Å²) in [4.78, 5) is 0. The maximum atomic E-state index is 2.39. The second-order valence-corrected chi connectivity index (χ2v) is 4.58. The maximum Gasteiger partial charge on any atom is -0.0360 e. The van der Waals surface area contributed by atoms with Gasteiger partial charge in [0.15, 0.2) is 0 Å². The molecular formula is C10H18. The molecule has 2 saturated carbocycles. The Hall–Kier alpha value is 0. The van der Waals surface area contributed by atoms with Gasteiger partial charge < -0.3 is 0 Å². The van der Waals surface area contributed by atoms with E-state index in [0.29, 0.717) is 0 Å². The van der Waals surface area contributed by atoms with Crippen LogP contribution in [-0.4, -0.2) is 0 Å². The number of hydrogen-bond acceptors (Lipinski definition) is 0. The Balaban J connectivity index is 2.02. The summed E-state index contributed by atoms with van der Waals surface area (Å²) in [6.45, 7) is 4.79. The molecule has 0 aliphatic heterocycles. The zero-order valence-electron chi connectivity index (χ0n) is 7.14. The molecule has 0 aromatic carbocycles. The molecule has 58 valence electrons. The van der Waals surface area contributed by atoms with Gasteiger partial charge in [-0.25, -0.2) is 0 Å². The highest BCUT2D eigenvalue weighted by molar-refractivity contribution is 4.90. The van der Waals surface area contributed by atoms with Gasteiger partial charge in [-0.3, -0.25) is 0 Å². The normalized spacial score (nSPS) is 45.3. The van der Waals surface area contributed by atoms with Crippen LogP contribution < -0.4 is 0 Å². The fourth-order valence-corrected chi connectivity index (χ4v) is 3.11. The van der Waals surface area contributed by atoms with E-state index in [1.54, 1.807) is 25.7 Å². The van der Waals surface area contributed by atoms with E-state index in [2.05, 4.69) is 13.8 Å². The molecule has 0 N–H and O–H groups in total. The first-order chi connectivity index (χ1) is 4.77. The van der Waals surface area contributed by atoms with Gasteiger partial charge in [0.2, 0.25) is 0 Å². The van der Waals surface area contributed by atoms with Gasteiger partial charge in [0.05, 0.1) is 0 Å². The van der Waals surface area contributed by atoms with E-state index < -0.39 is 0 Å². The van der Waals surface area contributed by atoms with Crippen LogP contribution in [0.2, 0.25) is 0 Å². The highest BCUT2D eigenvalue weighted by Gasteiger charge is 2.40. The van der Waals surface area contributed by atoms with Crippen LogP contribution in [0.25, 0.3) is 0 Å². The second-order valence-electron chi connectivity index (χ2n) is 4.58. The zero-order chi connectivity index (χ0) is 7.14. The molecular weight excluding hydrogens is 120 g/mol. The van der Waals surface area contributed by atoms with E-state index in [-0.39, 0.29) is 0 Å². The van der Waals surface area contributed by atoms with Gasteiger partial charge in [-0.2, -0.15) is 0 Å². The Morgan fingerprint density at radius 1 is 1.10 bits per heavy atom. The van der Waals surface area contributed by atoms with Crippen molar-refractivity contribution >= 4 is 0 Å². The van der Waals surface area contributed by atoms with E-state index in [9.17, 15) is 0 Å². The first-order valence-electron chi connectivity index (χ1n) is 4.77. The van der Waals surface area contributed by atoms with Crippen molar-refractivity contribution < 1.29 is 0 Å². The number of fused-ring (bicyclic) bond motifs is 2. The van der Waals surface area contributed by atoms with Gasteiger partial charge in [0.1, 0.15) is 0 Å². The van der Waals surface area contributed by atoms with Crippen LogP contribution in [0.4, 0.5) is 0 Å². The van der Waals surface area contributed by atoms with E-state index in [0.717, 1.165) is 23.7 Å². The number of hydrogen-bond donors (Lipinski definition) is 0. The molecule has 2 bridgehead atoms. The van der Waals surface area contributed by atoms with Crippen molar-refractivity contribution in [2.45, 2.75) is 39.5 Å². The van der Waals surface area contributed by atoms with Gasteiger partial charge in [-0.1, -0.05) is 20.3 Å². The molecule has 0 aromatic heterocycles. The van der Waals surface area contributed by atoms with Crippen molar-refractivity contribution in [2.75, 3.05) is 0 Å². The molecule has 1 unspecified atom stereocenters. The lowest BCUT2D eigenvalue weighted by atomic mass is 9.81. The third-order valence-corrected chi connectivity index (χ3v) is 3.65. The highest BCUT2D eigenvalue weighted by Crippen LogP contribution is 2.50. The van der Waals surface area contributed by atoms with Crippen LogP contribution in [0.3, 0.4) is 0 Å². The lowest BCUT2D eigenvalue weighted by Crippen LogP contribution is -2.15. The molecule has 0 aromatic rings. The topological polar surface area (TPSA) is 0 Å². The standard InChI is InChI=1S/C10H18/c1-7(2)10-6-8-3-4-9(10)5-8/h7-10H,3-6H2,1-2H3/t8?,9-,10+/m1/s1. The largest absolute Gasteiger partial charge is 0.0625 e. The van der Waals surface area contributed by atoms with Crippen molar-refractivity contribution in [1.82, 2.24) is 0 Å². The Labute approximate surface area is 64.0 Å². The number of rotatable bonds is 1. The fraction of sp³-hybridized carbons (Fsp3) is 1.00. The van der Waals surface area contributed by atoms with Crippen LogP contribution in [0.1, 0.15) is 39.5 Å². The third kappa shape index (κ3) is 0.889. The summed E-state index contributed by atoms with van der Waals surface area (Å²) in [7, 11) is 0. The third-order valence-electron chi connectivity index (χ3n) is 3.65. The maximum absolute atomic E-state index is 2.39. The molecule has 2 aliphatic carbocycles. The minimum Gasteiger partial charge on any atom is -0.0625 e. The average Bonchev–Trinajstić information content (AvgIpc) is 2.44. The van der Waals surface area contributed by atoms with Crippen molar-refractivity contribution in [3.05, 3.63) is 0 Å². The molecule has 0 amide bonds. The van der Waals surface area contributed by atoms with Gasteiger partial charge >= 0.3 is 0 Å². The molecule has 2 fully saturated rings. The quantitative estimate of drug-likeness (QED) is 0.522. The van der Waals surface area contributed by atoms with Crippen LogP contribution in [0.15, 0.2) is 0 Å². The lowest BCUT2D eigenvalue weighted by molar-refractivity contribution is 0.256. The Morgan fingerprint density at radius 3 is 2.20 bits per heavy atom. The minimum absolute atomic E-state index is 0.954. The predicted molar refractivity (Wildman–Crippen MR) is 43.8 cm³/mol. The van der Waals surface area contributed by atoms with E-state index in [1.807, 2.05) is 0 Å². The first-order valence-corrected chi connectivity index (χ1v) is 4.77. The van der Waals surface area contributed by atoms with Crippen molar-refractivity contribution in [3.8, 4) is 0 Å². The summed E-state index contributed by atoms with van der Waals surface area (Å²) in [5, 5.41) is 0. The zero-order valence-corrected chi connectivity index (χ0v) is 7.14. The van der Waals surface area contributed by atoms with Crippen molar-refractivity contribution in [1.29, 1.82) is 0 Å². The van der Waals surface area contributed by atoms with Crippen LogP contribution in [-0.2, 0) is 0 Å². The van der Waals surface area contributed by atoms with Crippen molar-refractivity contribution in [2.24, 2.45) is 23.7 Å². The van der Waals surface area contributed by atoms with E-state index in [1.165, 1.54) is 0 Å². The molecule has 10 heavy (non-hydrogen) atoms. The molecule has 2 aliphatic rings. The van der Waals surface area contributed by atoms with Gasteiger partial charge in [-0.15, -0.1) is 0 Å². The summed E-state index contributed by atoms with van der Waals surface area (Å²) in [6, 6.07) is 0. The molecule has 2 rings (SSSR count). The van der Waals surface area contributed by atoms with Crippen LogP contribution in [0.5, 0.6) is 0 Å². The summed E-state index contributed by atoms with van der Waals surface area (Å²) < 4.78 is 0. The SMILES string of the molecule is CC(C)[C@@H]1CC2CC[C@@H]1C2. The Kier molecular flexibility index (Phi) is 1.51. The summed E-state index contributed by atoms with van der Waals surface area (Å²) >= 11 is 0. The Bertz CT molecular complexity index is 126. The molecule has 3 atom stereocenters. The van der Waals surface area contributed by atoms with Crippen LogP contribution in [0, 0.1) is 23.7 Å². The molecule has 0 heteroatoms. The van der Waals surface area contributed by atoms with Gasteiger partial charge in [-0.05, 0) is 42.9 Å². The van der Waals surface area contributed by atoms with E-state index >= 15 is 0 Å². The Morgan fingerprint density at radius 2 is 1.90 bits per heavy atom. The lowest BCUT2D eigenvalue weighted by Gasteiger charge is -2.24. The summed E-state index contributed by atoms with van der Waals surface area (Å²) in [5.41, 5.74) is 0. The predicted octanol–water partition coefficient (Wildman–Crippen LogP) is 3.08. The fourth-order valence-electron chi connectivity index (χ4n) is 3.11.